The molecule has 0 radical (unpaired) electrons. The molecule has 0 fully saturated rings. The van der Waals surface area contributed by atoms with Crippen molar-refractivity contribution < 1.29 is 27.8 Å². The third-order valence-electron chi connectivity index (χ3n) is 2.94. The number of nitrogens with one attached hydrogen (secondary N) is 1. The number of carbonyl (C=O) groups excluding carboxylic acids is 1. The van der Waals surface area contributed by atoms with E-state index in [9.17, 15) is 23.1 Å². The molecule has 1 amide bonds. The topological polar surface area (TPSA) is 58.6 Å². The number of amides is 1. The average Bonchev–Trinajstić information content (AvgIpc) is 2.41. The van der Waals surface area contributed by atoms with Crippen LogP contribution < -0.4 is 10.1 Å². The van der Waals surface area contributed by atoms with Gasteiger partial charge in [0, 0.05) is 6.54 Å². The molecule has 2 unspecified atom stereocenters. The minimum Gasteiger partial charge on any atom is -0.484 e. The lowest BCUT2D eigenvalue weighted by Gasteiger charge is -2.14. The van der Waals surface area contributed by atoms with Crippen LogP contribution >= 0.6 is 0 Å². The fraction of sp³-hybridized carbons (Fsp3) is 0.533. The summed E-state index contributed by atoms with van der Waals surface area (Å²) in [5.74, 6) is -0.0486. The average molecular weight is 319 g/mol. The molecule has 0 aromatic heterocycles. The molecule has 1 aromatic rings. The quantitative estimate of drug-likeness (QED) is 0.812. The van der Waals surface area contributed by atoms with Crippen LogP contribution in [-0.4, -0.2) is 30.3 Å². The van der Waals surface area contributed by atoms with Crippen molar-refractivity contribution in [3.8, 4) is 5.75 Å². The van der Waals surface area contributed by atoms with Crippen LogP contribution in [0, 0.1) is 5.92 Å². The first-order valence-electron chi connectivity index (χ1n) is 6.93. The van der Waals surface area contributed by atoms with Crippen LogP contribution in [-0.2, 0) is 11.0 Å². The highest BCUT2D eigenvalue weighted by atomic mass is 19.4. The zero-order valence-corrected chi connectivity index (χ0v) is 12.5. The first-order valence-corrected chi connectivity index (χ1v) is 6.93. The molecule has 22 heavy (non-hydrogen) atoms. The van der Waals surface area contributed by atoms with Crippen LogP contribution in [0.3, 0.4) is 0 Å². The predicted octanol–water partition coefficient (Wildman–Crippen LogP) is 2.61. The van der Waals surface area contributed by atoms with Crippen molar-refractivity contribution in [2.24, 2.45) is 5.92 Å². The molecule has 2 N–H and O–H groups in total. The van der Waals surface area contributed by atoms with Crippen LogP contribution in [0.1, 0.15) is 25.8 Å². The molecule has 4 nitrogen and oxygen atoms in total. The van der Waals surface area contributed by atoms with E-state index < -0.39 is 17.8 Å². The van der Waals surface area contributed by atoms with Gasteiger partial charge < -0.3 is 15.2 Å². The number of rotatable bonds is 7. The number of alkyl halides is 3. The third kappa shape index (κ3) is 6.80. The van der Waals surface area contributed by atoms with Crippen LogP contribution in [0.4, 0.5) is 13.2 Å². The molecule has 0 bridgehead atoms. The van der Waals surface area contributed by atoms with Crippen molar-refractivity contribution in [1.29, 1.82) is 0 Å². The number of hydrogen-bond acceptors (Lipinski definition) is 3. The highest BCUT2D eigenvalue weighted by Crippen LogP contribution is 2.30. The highest BCUT2D eigenvalue weighted by molar-refractivity contribution is 5.77. The summed E-state index contributed by atoms with van der Waals surface area (Å²) in [6, 6.07) is 4.15. The standard InChI is InChI=1S/C15H20F3NO3/c1-10(7-11(2)20)8-19-14(21)9-22-13-5-3-12(4-6-13)15(16,17)18/h3-6,10-11,20H,7-9H2,1-2H3,(H,19,21). The lowest BCUT2D eigenvalue weighted by molar-refractivity contribution is -0.137. The van der Waals surface area contributed by atoms with E-state index in [-0.39, 0.29) is 24.2 Å². The van der Waals surface area contributed by atoms with Gasteiger partial charge in [0.1, 0.15) is 5.75 Å². The van der Waals surface area contributed by atoms with Gasteiger partial charge in [0.25, 0.3) is 5.91 Å². The summed E-state index contributed by atoms with van der Waals surface area (Å²) in [5.41, 5.74) is -0.767. The first kappa shape index (κ1) is 18.3. The Morgan fingerprint density at radius 3 is 2.36 bits per heavy atom. The number of benzene rings is 1. The van der Waals surface area contributed by atoms with Crippen molar-refractivity contribution in [1.82, 2.24) is 5.32 Å². The van der Waals surface area contributed by atoms with Gasteiger partial charge in [-0.3, -0.25) is 4.79 Å². The fourth-order valence-electron chi connectivity index (χ4n) is 1.89. The van der Waals surface area contributed by atoms with Crippen molar-refractivity contribution >= 4 is 5.91 Å². The van der Waals surface area contributed by atoms with Gasteiger partial charge in [-0.05, 0) is 43.5 Å². The molecule has 0 spiro atoms. The van der Waals surface area contributed by atoms with Gasteiger partial charge in [0.05, 0.1) is 11.7 Å². The Kier molecular flexibility index (Phi) is 6.67. The van der Waals surface area contributed by atoms with Crippen LogP contribution in [0.2, 0.25) is 0 Å². The van der Waals surface area contributed by atoms with E-state index in [1.807, 2.05) is 6.92 Å². The number of ether oxygens (including phenoxy) is 1. The van der Waals surface area contributed by atoms with Gasteiger partial charge in [-0.2, -0.15) is 13.2 Å². The van der Waals surface area contributed by atoms with Crippen LogP contribution in [0.25, 0.3) is 0 Å². The van der Waals surface area contributed by atoms with Gasteiger partial charge in [-0.1, -0.05) is 6.92 Å². The SMILES string of the molecule is CC(O)CC(C)CNC(=O)COc1ccc(C(F)(F)F)cc1. The van der Waals surface area contributed by atoms with Gasteiger partial charge in [0.2, 0.25) is 0 Å². The molecular formula is C15H20F3NO3. The summed E-state index contributed by atoms with van der Waals surface area (Å²) in [4.78, 5) is 11.6. The van der Waals surface area contributed by atoms with Gasteiger partial charge >= 0.3 is 6.18 Å². The second-order valence-corrected chi connectivity index (χ2v) is 5.30. The Bertz CT molecular complexity index is 472. The lowest BCUT2D eigenvalue weighted by atomic mass is 10.1. The number of aliphatic hydroxyl groups is 1. The van der Waals surface area contributed by atoms with Crippen molar-refractivity contribution in [3.63, 3.8) is 0 Å². The molecule has 2 atom stereocenters. The minimum atomic E-state index is -4.39. The van der Waals surface area contributed by atoms with E-state index in [1.165, 1.54) is 12.1 Å². The molecule has 0 saturated heterocycles. The van der Waals surface area contributed by atoms with Gasteiger partial charge in [-0.25, -0.2) is 0 Å². The summed E-state index contributed by atoms with van der Waals surface area (Å²) in [6.07, 6.45) is -4.26. The molecule has 0 aliphatic rings. The van der Waals surface area contributed by atoms with Crippen molar-refractivity contribution in [2.75, 3.05) is 13.2 Å². The number of carbonyl (C=O) groups is 1. The third-order valence-corrected chi connectivity index (χ3v) is 2.94. The molecule has 7 heteroatoms. The van der Waals surface area contributed by atoms with E-state index in [1.54, 1.807) is 6.92 Å². The van der Waals surface area contributed by atoms with E-state index in [0.717, 1.165) is 12.1 Å². The normalized spacial score (nSPS) is 14.3. The zero-order chi connectivity index (χ0) is 16.8. The monoisotopic (exact) mass is 319 g/mol. The number of aliphatic hydroxyl groups excluding tert-OH is 1. The molecular weight excluding hydrogens is 299 g/mol. The zero-order valence-electron chi connectivity index (χ0n) is 12.5. The summed E-state index contributed by atoms with van der Waals surface area (Å²) in [6.45, 7) is 3.70. The maximum atomic E-state index is 12.4. The van der Waals surface area contributed by atoms with Crippen molar-refractivity contribution in [2.45, 2.75) is 32.5 Å². The Morgan fingerprint density at radius 2 is 1.86 bits per heavy atom. The second-order valence-electron chi connectivity index (χ2n) is 5.30. The summed E-state index contributed by atoms with van der Waals surface area (Å²) in [7, 11) is 0. The van der Waals surface area contributed by atoms with E-state index in [4.69, 9.17) is 4.74 Å². The Hall–Kier alpha value is -1.76. The lowest BCUT2D eigenvalue weighted by Crippen LogP contribution is -2.33. The Balaban J connectivity index is 2.35. The van der Waals surface area contributed by atoms with Gasteiger partial charge in [-0.15, -0.1) is 0 Å². The fourth-order valence-corrected chi connectivity index (χ4v) is 1.89. The largest absolute Gasteiger partial charge is 0.484 e. The minimum absolute atomic E-state index is 0.120. The molecule has 0 aliphatic heterocycles. The van der Waals surface area contributed by atoms with Gasteiger partial charge in [0.15, 0.2) is 6.61 Å². The summed E-state index contributed by atoms with van der Waals surface area (Å²) < 4.78 is 42.3. The molecule has 1 rings (SSSR count). The predicted molar refractivity (Wildman–Crippen MR) is 75.4 cm³/mol. The molecule has 0 saturated carbocycles. The van der Waals surface area contributed by atoms with E-state index in [2.05, 4.69) is 5.32 Å². The van der Waals surface area contributed by atoms with Crippen LogP contribution in [0.5, 0.6) is 5.75 Å². The summed E-state index contributed by atoms with van der Waals surface area (Å²) >= 11 is 0. The Labute approximate surface area is 127 Å². The second kappa shape index (κ2) is 8.03. The highest BCUT2D eigenvalue weighted by Gasteiger charge is 2.30. The maximum Gasteiger partial charge on any atom is 0.416 e. The molecule has 124 valence electrons. The number of halogens is 3. The molecule has 0 aliphatic carbocycles. The first-order chi connectivity index (χ1) is 10.2. The number of hydrogen-bond donors (Lipinski definition) is 2. The van der Waals surface area contributed by atoms with E-state index in [0.29, 0.717) is 13.0 Å². The smallest absolute Gasteiger partial charge is 0.416 e. The summed E-state index contributed by atoms with van der Waals surface area (Å²) in [5, 5.41) is 11.8. The maximum absolute atomic E-state index is 12.4. The Morgan fingerprint density at radius 1 is 1.27 bits per heavy atom. The van der Waals surface area contributed by atoms with Crippen LogP contribution in [0.15, 0.2) is 24.3 Å². The molecule has 0 heterocycles. The van der Waals surface area contributed by atoms with E-state index >= 15 is 0 Å². The molecule has 1 aromatic carbocycles. The van der Waals surface area contributed by atoms with Crippen molar-refractivity contribution in [3.05, 3.63) is 29.8 Å².